The molecular formula is C21H30N4O3. The first-order chi connectivity index (χ1) is 13.1. The van der Waals surface area contributed by atoms with Gasteiger partial charge >= 0.3 is 6.09 Å². The van der Waals surface area contributed by atoms with E-state index in [1.54, 1.807) is 20.8 Å². The average molecular weight is 386 g/mol. The molecule has 7 heteroatoms. The highest BCUT2D eigenvalue weighted by atomic mass is 16.6. The minimum Gasteiger partial charge on any atom is -0.443 e. The van der Waals surface area contributed by atoms with E-state index in [9.17, 15) is 14.9 Å². The fourth-order valence-electron chi connectivity index (χ4n) is 2.36. The second-order valence-electron chi connectivity index (χ2n) is 7.41. The molecule has 28 heavy (non-hydrogen) atoms. The van der Waals surface area contributed by atoms with Gasteiger partial charge in [0.05, 0.1) is 6.04 Å². The molecule has 0 bridgehead atoms. The third-order valence-electron chi connectivity index (χ3n) is 3.88. The van der Waals surface area contributed by atoms with Crippen molar-refractivity contribution in [2.45, 2.75) is 52.7 Å². The summed E-state index contributed by atoms with van der Waals surface area (Å²) in [5, 5.41) is 12.2. The minimum absolute atomic E-state index is 0.126. The van der Waals surface area contributed by atoms with Gasteiger partial charge in [-0.05, 0) is 45.2 Å². The van der Waals surface area contributed by atoms with E-state index in [4.69, 9.17) is 10.5 Å². The Morgan fingerprint density at radius 1 is 1.32 bits per heavy atom. The number of hydrogen-bond acceptors (Lipinski definition) is 5. The number of rotatable bonds is 7. The molecule has 1 rings (SSSR count). The van der Waals surface area contributed by atoms with Crippen LogP contribution in [0.15, 0.2) is 36.0 Å². The molecule has 0 heterocycles. The number of nitrogens with zero attached hydrogens (tertiary/aromatic N) is 2. The average Bonchev–Trinajstić information content (AvgIpc) is 2.63. The molecule has 0 radical (unpaired) electrons. The zero-order valence-corrected chi connectivity index (χ0v) is 17.3. The van der Waals surface area contributed by atoms with Gasteiger partial charge in [-0.15, -0.1) is 0 Å². The Balaban J connectivity index is 2.93. The zero-order valence-electron chi connectivity index (χ0n) is 17.3. The summed E-state index contributed by atoms with van der Waals surface area (Å²) in [6.45, 7) is 9.40. The molecule has 0 fully saturated rings. The van der Waals surface area contributed by atoms with Crippen molar-refractivity contribution in [2.75, 3.05) is 13.1 Å². The summed E-state index contributed by atoms with van der Waals surface area (Å²) in [5.41, 5.74) is 6.77. The number of carbonyl (C=O) groups is 2. The van der Waals surface area contributed by atoms with Crippen LogP contribution in [0.25, 0.3) is 0 Å². The topological polar surface area (TPSA) is 108 Å². The molecule has 7 nitrogen and oxygen atoms in total. The van der Waals surface area contributed by atoms with E-state index in [1.807, 2.05) is 37.3 Å². The Labute approximate surface area is 167 Å². The Hall–Kier alpha value is -2.85. The Kier molecular flexibility index (Phi) is 8.68. The maximum Gasteiger partial charge on any atom is 0.414 e. The third-order valence-corrected chi connectivity index (χ3v) is 3.88. The van der Waals surface area contributed by atoms with Crippen molar-refractivity contribution in [1.82, 2.24) is 10.2 Å². The van der Waals surface area contributed by atoms with Crippen molar-refractivity contribution >= 4 is 12.0 Å². The number of amides is 2. The van der Waals surface area contributed by atoms with Crippen molar-refractivity contribution < 1.29 is 14.3 Å². The standard InChI is InChI=1S/C21H30N4O3/c1-6-16-7-9-17(10-8-16)15(2)24-19(26)18(13-23)14-25(12-11-22)20(27)28-21(3,4)5/h7-10,14-15H,6,11-12,22H2,1-5H3,(H,24,26)/b18-14-. The van der Waals surface area contributed by atoms with E-state index < -0.39 is 17.6 Å². The molecule has 0 aliphatic rings. The SMILES string of the molecule is CCc1ccc(C(C)NC(=O)/C(C#N)=C\N(CCN)C(=O)OC(C)(C)C)cc1. The van der Waals surface area contributed by atoms with Gasteiger partial charge in [-0.1, -0.05) is 31.2 Å². The number of nitriles is 1. The van der Waals surface area contributed by atoms with Gasteiger partial charge in [-0.3, -0.25) is 9.69 Å². The molecule has 0 saturated carbocycles. The second kappa shape index (κ2) is 10.5. The molecule has 3 N–H and O–H groups in total. The van der Waals surface area contributed by atoms with Gasteiger partial charge < -0.3 is 15.8 Å². The maximum atomic E-state index is 12.5. The number of ether oxygens (including phenoxy) is 1. The van der Waals surface area contributed by atoms with Crippen LogP contribution in [-0.2, 0) is 16.0 Å². The predicted molar refractivity (Wildman–Crippen MR) is 108 cm³/mol. The van der Waals surface area contributed by atoms with Crippen molar-refractivity contribution in [3.63, 3.8) is 0 Å². The Bertz CT molecular complexity index is 742. The van der Waals surface area contributed by atoms with Gasteiger partial charge in [0, 0.05) is 19.3 Å². The Morgan fingerprint density at radius 3 is 2.39 bits per heavy atom. The molecule has 1 atom stereocenters. The van der Waals surface area contributed by atoms with E-state index in [1.165, 1.54) is 11.8 Å². The van der Waals surface area contributed by atoms with E-state index in [0.29, 0.717) is 0 Å². The van der Waals surface area contributed by atoms with Gasteiger partial charge in [0.1, 0.15) is 17.2 Å². The first-order valence-corrected chi connectivity index (χ1v) is 9.32. The molecule has 1 unspecified atom stereocenters. The molecule has 1 aromatic carbocycles. The second-order valence-corrected chi connectivity index (χ2v) is 7.41. The molecule has 1 aromatic rings. The first kappa shape index (κ1) is 23.2. The predicted octanol–water partition coefficient (Wildman–Crippen LogP) is 3.03. The third kappa shape index (κ3) is 7.41. The first-order valence-electron chi connectivity index (χ1n) is 9.32. The number of benzene rings is 1. The minimum atomic E-state index is -0.702. The fraction of sp³-hybridized carbons (Fsp3) is 0.476. The fourth-order valence-corrected chi connectivity index (χ4v) is 2.36. The van der Waals surface area contributed by atoms with Crippen LogP contribution in [0.5, 0.6) is 0 Å². The van der Waals surface area contributed by atoms with Crippen molar-refractivity contribution in [3.05, 3.63) is 47.2 Å². The molecule has 0 aromatic heterocycles. The van der Waals surface area contributed by atoms with E-state index in [0.717, 1.165) is 16.9 Å². The highest BCUT2D eigenvalue weighted by Crippen LogP contribution is 2.15. The molecule has 2 amide bonds. The molecule has 0 aliphatic heterocycles. The number of nitrogens with two attached hydrogens (primary N) is 1. The van der Waals surface area contributed by atoms with Crippen LogP contribution < -0.4 is 11.1 Å². The van der Waals surface area contributed by atoms with Crippen LogP contribution in [-0.4, -0.2) is 35.6 Å². The monoisotopic (exact) mass is 386 g/mol. The molecule has 0 aliphatic carbocycles. The van der Waals surface area contributed by atoms with Crippen molar-refractivity contribution in [1.29, 1.82) is 5.26 Å². The number of carbonyl (C=O) groups excluding carboxylic acids is 2. The lowest BCUT2D eigenvalue weighted by Gasteiger charge is -2.25. The van der Waals surface area contributed by atoms with Gasteiger partial charge in [0.15, 0.2) is 0 Å². The number of nitrogens with one attached hydrogen (secondary N) is 1. The normalized spacial score (nSPS) is 12.7. The van der Waals surface area contributed by atoms with Crippen LogP contribution in [0, 0.1) is 11.3 Å². The summed E-state index contributed by atoms with van der Waals surface area (Å²) in [4.78, 5) is 25.9. The smallest absolute Gasteiger partial charge is 0.414 e. The molecule has 0 saturated heterocycles. The summed E-state index contributed by atoms with van der Waals surface area (Å²) < 4.78 is 5.30. The number of hydrogen-bond donors (Lipinski definition) is 2. The summed E-state index contributed by atoms with van der Waals surface area (Å²) in [7, 11) is 0. The van der Waals surface area contributed by atoms with E-state index in [-0.39, 0.29) is 24.7 Å². The van der Waals surface area contributed by atoms with Crippen molar-refractivity contribution in [2.24, 2.45) is 5.73 Å². The van der Waals surface area contributed by atoms with E-state index in [2.05, 4.69) is 12.2 Å². The van der Waals surface area contributed by atoms with Crippen LogP contribution in [0.3, 0.4) is 0 Å². The van der Waals surface area contributed by atoms with Gasteiger partial charge in [0.25, 0.3) is 5.91 Å². The van der Waals surface area contributed by atoms with Gasteiger partial charge in [0.2, 0.25) is 0 Å². The highest BCUT2D eigenvalue weighted by Gasteiger charge is 2.23. The van der Waals surface area contributed by atoms with Gasteiger partial charge in [-0.25, -0.2) is 4.79 Å². The summed E-state index contributed by atoms with van der Waals surface area (Å²) in [6.07, 6.45) is 1.45. The quantitative estimate of drug-likeness (QED) is 0.553. The summed E-state index contributed by atoms with van der Waals surface area (Å²) in [6, 6.07) is 9.45. The van der Waals surface area contributed by atoms with Crippen LogP contribution in [0.1, 0.15) is 51.8 Å². The molecule has 0 spiro atoms. The largest absolute Gasteiger partial charge is 0.443 e. The van der Waals surface area contributed by atoms with E-state index >= 15 is 0 Å². The lowest BCUT2D eigenvalue weighted by Crippen LogP contribution is -2.37. The lowest BCUT2D eigenvalue weighted by molar-refractivity contribution is -0.117. The molecule has 152 valence electrons. The Morgan fingerprint density at radius 2 is 1.93 bits per heavy atom. The summed E-state index contributed by atoms with van der Waals surface area (Å²) >= 11 is 0. The summed E-state index contributed by atoms with van der Waals surface area (Å²) in [5.74, 6) is -0.569. The highest BCUT2D eigenvalue weighted by molar-refractivity contribution is 5.97. The van der Waals surface area contributed by atoms with Crippen LogP contribution in [0.2, 0.25) is 0 Å². The van der Waals surface area contributed by atoms with Crippen LogP contribution in [0.4, 0.5) is 4.79 Å². The number of aryl methyl sites for hydroxylation is 1. The van der Waals surface area contributed by atoms with Crippen LogP contribution >= 0.6 is 0 Å². The molecular weight excluding hydrogens is 356 g/mol. The van der Waals surface area contributed by atoms with Gasteiger partial charge in [-0.2, -0.15) is 5.26 Å². The lowest BCUT2D eigenvalue weighted by atomic mass is 10.0. The van der Waals surface area contributed by atoms with Crippen molar-refractivity contribution in [3.8, 4) is 6.07 Å². The maximum absolute atomic E-state index is 12.5. The zero-order chi connectivity index (χ0) is 21.3.